The van der Waals surface area contributed by atoms with Crippen molar-refractivity contribution in [1.82, 2.24) is 5.32 Å². The molecule has 0 bridgehead atoms. The largest absolute Gasteiger partial charge is 0.462 e. The van der Waals surface area contributed by atoms with E-state index in [1.54, 1.807) is 13.0 Å². The summed E-state index contributed by atoms with van der Waals surface area (Å²) in [5.74, 6) is 0.892. The molecule has 0 aromatic heterocycles. The molecule has 188 valence electrons. The summed E-state index contributed by atoms with van der Waals surface area (Å²) in [6.07, 6.45) is 12.8. The van der Waals surface area contributed by atoms with Gasteiger partial charge in [-0.1, -0.05) is 18.2 Å². The van der Waals surface area contributed by atoms with Crippen LogP contribution < -0.4 is 11.1 Å². The molecule has 7 heteroatoms. The molecule has 0 amide bonds. The third-order valence-electron chi connectivity index (χ3n) is 9.39. The van der Waals surface area contributed by atoms with Crippen molar-refractivity contribution in [2.75, 3.05) is 6.54 Å². The Morgan fingerprint density at radius 1 is 1.21 bits per heavy atom. The molecule has 3 aliphatic heterocycles. The Kier molecular flexibility index (Phi) is 6.40. The summed E-state index contributed by atoms with van der Waals surface area (Å²) in [5.41, 5.74) is 5.54. The second-order valence-electron chi connectivity index (χ2n) is 11.4. The monoisotopic (exact) mass is 472 g/mol. The van der Waals surface area contributed by atoms with E-state index >= 15 is 0 Å². The van der Waals surface area contributed by atoms with Gasteiger partial charge in [0.25, 0.3) is 0 Å². The number of nitrogens with two attached hydrogens (primary N) is 1. The van der Waals surface area contributed by atoms with E-state index in [0.29, 0.717) is 36.2 Å². The van der Waals surface area contributed by atoms with Gasteiger partial charge in [-0.3, -0.25) is 4.79 Å². The lowest BCUT2D eigenvalue weighted by Crippen LogP contribution is -2.63. The van der Waals surface area contributed by atoms with E-state index in [1.807, 2.05) is 6.92 Å². The fourth-order valence-electron chi connectivity index (χ4n) is 7.40. The molecule has 0 aromatic carbocycles. The number of allylic oxidation sites excluding steroid dienone is 1. The minimum atomic E-state index is -0.776. The molecule has 5 aliphatic rings. The summed E-state index contributed by atoms with van der Waals surface area (Å²) < 4.78 is 19.2. The van der Waals surface area contributed by atoms with Crippen LogP contribution in [0.2, 0.25) is 0 Å². The average Bonchev–Trinajstić information content (AvgIpc) is 3.18. The number of piperidine rings is 1. The molecule has 2 aliphatic carbocycles. The van der Waals surface area contributed by atoms with Gasteiger partial charge >= 0.3 is 11.9 Å². The standard InChI is InChI=1S/C27H40N2O5/c1-4-16(2)25(31)34-26(3)10-5-6-20(17-9-11-29-23(28)13-17)27(26)15-19-12-18-7-8-24(30)32-21(18)14-22(19)33-27/h4-6,17-23,29H,7-15,28H2,1-3H3. The van der Waals surface area contributed by atoms with Gasteiger partial charge in [0.05, 0.1) is 12.3 Å². The van der Waals surface area contributed by atoms with Crippen LogP contribution in [0.15, 0.2) is 23.8 Å². The molecule has 7 nitrogen and oxygen atoms in total. The molecule has 3 N–H and O–H groups in total. The van der Waals surface area contributed by atoms with E-state index in [2.05, 4.69) is 24.4 Å². The van der Waals surface area contributed by atoms with Gasteiger partial charge in [-0.15, -0.1) is 0 Å². The first kappa shape index (κ1) is 24.0. The molecule has 9 atom stereocenters. The van der Waals surface area contributed by atoms with E-state index < -0.39 is 11.2 Å². The smallest absolute Gasteiger partial charge is 0.334 e. The van der Waals surface area contributed by atoms with Gasteiger partial charge in [-0.25, -0.2) is 4.79 Å². The quantitative estimate of drug-likeness (QED) is 0.369. The normalized spacial score (nSPS) is 46.5. The molecular weight excluding hydrogens is 432 g/mol. The van der Waals surface area contributed by atoms with Crippen molar-refractivity contribution in [3.8, 4) is 0 Å². The number of ether oxygens (including phenoxy) is 3. The molecule has 1 spiro atoms. The third-order valence-corrected chi connectivity index (χ3v) is 9.39. The average molecular weight is 473 g/mol. The zero-order chi connectivity index (χ0) is 24.1. The second-order valence-corrected chi connectivity index (χ2v) is 11.4. The van der Waals surface area contributed by atoms with Gasteiger partial charge in [0, 0.05) is 30.8 Å². The number of hydrogen-bond donors (Lipinski definition) is 2. The maximum absolute atomic E-state index is 13.0. The third kappa shape index (κ3) is 4.03. The summed E-state index contributed by atoms with van der Waals surface area (Å²) >= 11 is 0. The topological polar surface area (TPSA) is 99.9 Å². The lowest BCUT2D eigenvalue weighted by molar-refractivity contribution is -0.225. The Morgan fingerprint density at radius 3 is 2.79 bits per heavy atom. The SMILES string of the molecule is CC=C(C)C(=O)OC1(C)CC=CC(C2CCNC(N)C2)C12CC1CC3CCC(=O)OC3CC1O2. The zero-order valence-electron chi connectivity index (χ0n) is 20.8. The number of nitrogens with one attached hydrogen (secondary N) is 1. The van der Waals surface area contributed by atoms with E-state index in [0.717, 1.165) is 45.1 Å². The highest BCUT2D eigenvalue weighted by atomic mass is 16.6. The van der Waals surface area contributed by atoms with Crippen molar-refractivity contribution in [3.63, 3.8) is 0 Å². The fraction of sp³-hybridized carbons (Fsp3) is 0.778. The summed E-state index contributed by atoms with van der Waals surface area (Å²) in [4.78, 5) is 25.0. The van der Waals surface area contributed by atoms with Crippen LogP contribution in [0.4, 0.5) is 0 Å². The van der Waals surface area contributed by atoms with Crippen LogP contribution >= 0.6 is 0 Å². The van der Waals surface area contributed by atoms with Crippen LogP contribution in [0.1, 0.15) is 72.1 Å². The van der Waals surface area contributed by atoms with Gasteiger partial charge in [0.2, 0.25) is 0 Å². The number of carbonyl (C=O) groups is 2. The zero-order valence-corrected chi connectivity index (χ0v) is 20.8. The van der Waals surface area contributed by atoms with Gasteiger partial charge in [0.1, 0.15) is 17.3 Å². The Balaban J connectivity index is 1.49. The molecule has 3 heterocycles. The number of fused-ring (bicyclic) bond motifs is 2. The van der Waals surface area contributed by atoms with E-state index in [4.69, 9.17) is 19.9 Å². The van der Waals surface area contributed by atoms with Crippen molar-refractivity contribution in [1.29, 1.82) is 0 Å². The van der Waals surface area contributed by atoms with Crippen LogP contribution in [0, 0.1) is 23.7 Å². The maximum atomic E-state index is 13.0. The number of carbonyl (C=O) groups excluding carboxylic acids is 2. The molecule has 0 radical (unpaired) electrons. The van der Waals surface area contributed by atoms with Crippen LogP contribution in [-0.4, -0.2) is 48.1 Å². The second kappa shape index (κ2) is 9.07. The van der Waals surface area contributed by atoms with Crippen LogP contribution in [0.5, 0.6) is 0 Å². The highest BCUT2D eigenvalue weighted by molar-refractivity contribution is 5.88. The first-order chi connectivity index (χ1) is 16.2. The molecule has 0 aromatic rings. The van der Waals surface area contributed by atoms with Gasteiger partial charge in [-0.2, -0.15) is 0 Å². The maximum Gasteiger partial charge on any atom is 0.334 e. The summed E-state index contributed by atoms with van der Waals surface area (Å²) in [5, 5.41) is 3.36. The van der Waals surface area contributed by atoms with E-state index in [-0.39, 0.29) is 36.2 Å². The first-order valence-corrected chi connectivity index (χ1v) is 13.1. The highest BCUT2D eigenvalue weighted by Gasteiger charge is 2.65. The first-order valence-electron chi connectivity index (χ1n) is 13.1. The predicted octanol–water partition coefficient (Wildman–Crippen LogP) is 3.37. The fourth-order valence-corrected chi connectivity index (χ4v) is 7.40. The van der Waals surface area contributed by atoms with Crippen molar-refractivity contribution < 1.29 is 23.8 Å². The molecule has 34 heavy (non-hydrogen) atoms. The minimum Gasteiger partial charge on any atom is -0.462 e. The van der Waals surface area contributed by atoms with Crippen LogP contribution in [0.3, 0.4) is 0 Å². The predicted molar refractivity (Wildman–Crippen MR) is 127 cm³/mol. The number of esters is 2. The summed E-state index contributed by atoms with van der Waals surface area (Å²) in [7, 11) is 0. The van der Waals surface area contributed by atoms with Gasteiger partial charge in [0.15, 0.2) is 0 Å². The van der Waals surface area contributed by atoms with Crippen molar-refractivity contribution in [2.24, 2.45) is 29.4 Å². The molecule has 4 fully saturated rings. The Labute approximate surface area is 202 Å². The molecule has 9 unspecified atom stereocenters. The van der Waals surface area contributed by atoms with Crippen molar-refractivity contribution >= 4 is 11.9 Å². The Morgan fingerprint density at radius 2 is 2.03 bits per heavy atom. The summed E-state index contributed by atoms with van der Waals surface area (Å²) in [6, 6.07) is 0. The molecule has 1 saturated carbocycles. The van der Waals surface area contributed by atoms with Gasteiger partial charge in [-0.05, 0) is 77.2 Å². The number of hydrogen-bond acceptors (Lipinski definition) is 7. The summed E-state index contributed by atoms with van der Waals surface area (Å²) in [6.45, 7) is 6.61. The minimum absolute atomic E-state index is 0.0115. The van der Waals surface area contributed by atoms with E-state index in [1.165, 1.54) is 0 Å². The number of rotatable bonds is 3. The van der Waals surface area contributed by atoms with Crippen LogP contribution in [0.25, 0.3) is 0 Å². The van der Waals surface area contributed by atoms with Crippen molar-refractivity contribution in [2.45, 2.75) is 102 Å². The highest BCUT2D eigenvalue weighted by Crippen LogP contribution is 2.59. The van der Waals surface area contributed by atoms with Crippen molar-refractivity contribution in [3.05, 3.63) is 23.8 Å². The molecule has 5 rings (SSSR count). The lowest BCUT2D eigenvalue weighted by Gasteiger charge is -2.53. The van der Waals surface area contributed by atoms with E-state index in [9.17, 15) is 9.59 Å². The Bertz CT molecular complexity index is 886. The molecule has 3 saturated heterocycles. The van der Waals surface area contributed by atoms with Crippen LogP contribution in [-0.2, 0) is 23.8 Å². The lowest BCUT2D eigenvalue weighted by atomic mass is 9.60. The van der Waals surface area contributed by atoms with Gasteiger partial charge < -0.3 is 25.3 Å². The Hall–Kier alpha value is -1.70. The molecular formula is C27H40N2O5.